The second-order valence-electron chi connectivity index (χ2n) is 7.76. The third kappa shape index (κ3) is 3.49. The van der Waals surface area contributed by atoms with E-state index in [-0.39, 0.29) is 11.4 Å². The number of benzene rings is 1. The highest BCUT2D eigenvalue weighted by Gasteiger charge is 2.62. The lowest BCUT2D eigenvalue weighted by atomic mass is 9.99. The molecular formula is C18H21NO9. The van der Waals surface area contributed by atoms with Crippen molar-refractivity contribution >= 4 is 11.7 Å². The van der Waals surface area contributed by atoms with E-state index in [9.17, 15) is 14.9 Å². The summed E-state index contributed by atoms with van der Waals surface area (Å²) in [5, 5.41) is 10.7. The van der Waals surface area contributed by atoms with Gasteiger partial charge in [0.2, 0.25) is 0 Å². The normalized spacial score (nSPS) is 35.1. The molecule has 3 saturated heterocycles. The van der Waals surface area contributed by atoms with E-state index in [0.717, 1.165) is 0 Å². The van der Waals surface area contributed by atoms with Crippen LogP contribution in [-0.4, -0.2) is 53.2 Å². The third-order valence-electron chi connectivity index (χ3n) is 4.65. The molecule has 4 rings (SSSR count). The monoisotopic (exact) mass is 395 g/mol. The van der Waals surface area contributed by atoms with Crippen LogP contribution in [0.15, 0.2) is 24.3 Å². The molecular weight excluding hydrogens is 374 g/mol. The standard InChI is InChI=1S/C18H21NO9/c1-17(2)25-11-12(26-17)14-16(28-18(3,4)27-14)24-13(11)15(20)23-10-7-5-9(6-8-10)19(21)22/h5-8,11-14,16H,1-4H3/t11-,12-,13+,14+,16+/m1/s1. The molecule has 3 aliphatic heterocycles. The molecule has 0 saturated carbocycles. The van der Waals surface area contributed by atoms with Crippen LogP contribution in [0.2, 0.25) is 0 Å². The highest BCUT2D eigenvalue weighted by atomic mass is 16.9. The number of nitrogens with zero attached hydrogens (tertiary/aromatic N) is 1. The van der Waals surface area contributed by atoms with Crippen LogP contribution in [-0.2, 0) is 28.5 Å². The number of non-ortho nitro benzene ring substituents is 1. The van der Waals surface area contributed by atoms with Gasteiger partial charge in [0.05, 0.1) is 4.92 Å². The molecule has 0 spiro atoms. The molecule has 3 aliphatic rings. The van der Waals surface area contributed by atoms with Gasteiger partial charge < -0.3 is 28.4 Å². The Morgan fingerprint density at radius 1 is 0.964 bits per heavy atom. The number of ether oxygens (including phenoxy) is 6. The lowest BCUT2D eigenvalue weighted by Gasteiger charge is -2.35. The van der Waals surface area contributed by atoms with E-state index in [1.165, 1.54) is 24.3 Å². The summed E-state index contributed by atoms with van der Waals surface area (Å²) >= 11 is 0. The Hall–Kier alpha value is -2.11. The number of nitro benzene ring substituents is 1. The second-order valence-corrected chi connectivity index (χ2v) is 7.76. The van der Waals surface area contributed by atoms with E-state index in [4.69, 9.17) is 28.4 Å². The van der Waals surface area contributed by atoms with Crippen LogP contribution >= 0.6 is 0 Å². The largest absolute Gasteiger partial charge is 0.425 e. The lowest BCUT2D eigenvalue weighted by molar-refractivity contribution is -0.384. The van der Waals surface area contributed by atoms with E-state index in [1.807, 2.05) is 0 Å². The SMILES string of the molecule is CC1(C)O[C@@H]2O[C@H](C(=O)Oc3ccc([N+](=O)[O-])cc3)[C@@H]3OC(C)(C)O[C@H]3[C@@H]2O1. The Labute approximate surface area is 160 Å². The molecule has 5 atom stereocenters. The van der Waals surface area contributed by atoms with Gasteiger partial charge in [-0.1, -0.05) is 0 Å². The molecule has 1 aromatic carbocycles. The van der Waals surface area contributed by atoms with Crippen LogP contribution in [0.1, 0.15) is 27.7 Å². The molecule has 0 bridgehead atoms. The van der Waals surface area contributed by atoms with E-state index in [2.05, 4.69) is 0 Å². The molecule has 0 radical (unpaired) electrons. The molecule has 0 aromatic heterocycles. The number of hydrogen-bond donors (Lipinski definition) is 0. The zero-order chi connectivity index (χ0) is 20.3. The molecule has 0 amide bonds. The molecule has 0 aliphatic carbocycles. The van der Waals surface area contributed by atoms with Gasteiger partial charge in [0.25, 0.3) is 5.69 Å². The van der Waals surface area contributed by atoms with Gasteiger partial charge in [0, 0.05) is 12.1 Å². The van der Waals surface area contributed by atoms with E-state index >= 15 is 0 Å². The third-order valence-corrected chi connectivity index (χ3v) is 4.65. The van der Waals surface area contributed by atoms with Crippen molar-refractivity contribution in [3.05, 3.63) is 34.4 Å². The summed E-state index contributed by atoms with van der Waals surface area (Å²) in [5.41, 5.74) is -0.107. The number of nitro groups is 1. The predicted molar refractivity (Wildman–Crippen MR) is 91.3 cm³/mol. The van der Waals surface area contributed by atoms with Gasteiger partial charge in [0.1, 0.15) is 24.1 Å². The summed E-state index contributed by atoms with van der Waals surface area (Å²) in [6.45, 7) is 6.96. The number of hydrogen-bond acceptors (Lipinski definition) is 9. The van der Waals surface area contributed by atoms with Gasteiger partial charge in [-0.05, 0) is 39.8 Å². The van der Waals surface area contributed by atoms with Gasteiger partial charge in [-0.15, -0.1) is 0 Å². The van der Waals surface area contributed by atoms with Crippen LogP contribution < -0.4 is 4.74 Å². The Balaban J connectivity index is 1.54. The predicted octanol–water partition coefficient (Wildman–Crippen LogP) is 1.90. The first-order valence-electron chi connectivity index (χ1n) is 8.88. The van der Waals surface area contributed by atoms with Crippen LogP contribution in [0.25, 0.3) is 0 Å². The number of carbonyl (C=O) groups is 1. The van der Waals surface area contributed by atoms with Crippen LogP contribution in [0.4, 0.5) is 5.69 Å². The zero-order valence-electron chi connectivity index (χ0n) is 15.8. The minimum Gasteiger partial charge on any atom is -0.425 e. The summed E-state index contributed by atoms with van der Waals surface area (Å²) in [6, 6.07) is 5.18. The fourth-order valence-electron chi connectivity index (χ4n) is 3.61. The summed E-state index contributed by atoms with van der Waals surface area (Å²) < 4.78 is 34.6. The minimum absolute atomic E-state index is 0.107. The first-order valence-corrected chi connectivity index (χ1v) is 8.88. The summed E-state index contributed by atoms with van der Waals surface area (Å²) in [4.78, 5) is 23.0. The van der Waals surface area contributed by atoms with Crippen molar-refractivity contribution in [2.45, 2.75) is 70.0 Å². The van der Waals surface area contributed by atoms with E-state index in [1.54, 1.807) is 27.7 Å². The first kappa shape index (κ1) is 19.2. The van der Waals surface area contributed by atoms with E-state index in [0.29, 0.717) is 0 Å². The van der Waals surface area contributed by atoms with Gasteiger partial charge in [-0.3, -0.25) is 10.1 Å². The Morgan fingerprint density at radius 2 is 1.54 bits per heavy atom. The Morgan fingerprint density at radius 3 is 2.18 bits per heavy atom. The molecule has 10 heteroatoms. The Kier molecular flexibility index (Phi) is 4.43. The van der Waals surface area contributed by atoms with Crippen LogP contribution in [0.3, 0.4) is 0 Å². The molecule has 3 fully saturated rings. The van der Waals surface area contributed by atoms with E-state index < -0.39 is 53.2 Å². The van der Waals surface area contributed by atoms with Crippen molar-refractivity contribution in [1.29, 1.82) is 0 Å². The molecule has 0 N–H and O–H groups in total. The average Bonchev–Trinajstić information content (AvgIpc) is 3.08. The maximum absolute atomic E-state index is 12.8. The van der Waals surface area contributed by atoms with Crippen molar-refractivity contribution < 1.29 is 38.1 Å². The maximum Gasteiger partial charge on any atom is 0.343 e. The highest BCUT2D eigenvalue weighted by Crippen LogP contribution is 2.44. The van der Waals surface area contributed by atoms with Gasteiger partial charge >= 0.3 is 5.97 Å². The van der Waals surface area contributed by atoms with Crippen molar-refractivity contribution in [1.82, 2.24) is 0 Å². The summed E-state index contributed by atoms with van der Waals surface area (Å²) in [6.07, 6.45) is -3.81. The number of carbonyl (C=O) groups excluding carboxylic acids is 1. The number of rotatable bonds is 3. The maximum atomic E-state index is 12.8. The van der Waals surface area contributed by atoms with Crippen molar-refractivity contribution in [3.8, 4) is 5.75 Å². The van der Waals surface area contributed by atoms with Crippen molar-refractivity contribution in [2.75, 3.05) is 0 Å². The molecule has 152 valence electrons. The Bertz CT molecular complexity index is 791. The fourth-order valence-corrected chi connectivity index (χ4v) is 3.61. The minimum atomic E-state index is -1.11. The van der Waals surface area contributed by atoms with Crippen molar-refractivity contribution in [2.24, 2.45) is 0 Å². The van der Waals surface area contributed by atoms with Gasteiger partial charge in [0.15, 0.2) is 24.0 Å². The lowest BCUT2D eigenvalue weighted by Crippen LogP contribution is -2.58. The number of fused-ring (bicyclic) bond motifs is 3. The smallest absolute Gasteiger partial charge is 0.343 e. The van der Waals surface area contributed by atoms with Crippen LogP contribution in [0.5, 0.6) is 5.75 Å². The quantitative estimate of drug-likeness (QED) is 0.327. The summed E-state index contributed by atoms with van der Waals surface area (Å²) in [7, 11) is 0. The number of esters is 1. The van der Waals surface area contributed by atoms with Crippen molar-refractivity contribution in [3.63, 3.8) is 0 Å². The van der Waals surface area contributed by atoms with Gasteiger partial charge in [-0.25, -0.2) is 4.79 Å². The topological polar surface area (TPSA) is 116 Å². The summed E-state index contributed by atoms with van der Waals surface area (Å²) in [5.74, 6) is -2.39. The van der Waals surface area contributed by atoms with Gasteiger partial charge in [-0.2, -0.15) is 0 Å². The molecule has 3 heterocycles. The zero-order valence-corrected chi connectivity index (χ0v) is 15.8. The molecule has 0 unspecified atom stereocenters. The average molecular weight is 395 g/mol. The van der Waals surface area contributed by atoms with Crippen LogP contribution in [0, 0.1) is 10.1 Å². The fraction of sp³-hybridized carbons (Fsp3) is 0.611. The molecule has 10 nitrogen and oxygen atoms in total. The first-order chi connectivity index (χ1) is 13.0. The second kappa shape index (κ2) is 6.46. The highest BCUT2D eigenvalue weighted by molar-refractivity contribution is 5.78. The molecule has 28 heavy (non-hydrogen) atoms. The molecule has 1 aromatic rings.